The highest BCUT2D eigenvalue weighted by molar-refractivity contribution is 5.89. The Bertz CT molecular complexity index is 1370. The molecule has 2 N–H and O–H groups in total. The second-order valence-corrected chi connectivity index (χ2v) is 12.6. The van der Waals surface area contributed by atoms with Gasteiger partial charge < -0.3 is 29.3 Å². The van der Waals surface area contributed by atoms with Crippen LogP contribution in [0.2, 0.25) is 0 Å². The number of unbranched alkanes of at least 4 members (excludes halogenated alkanes) is 3. The van der Waals surface area contributed by atoms with E-state index in [0.29, 0.717) is 42.0 Å². The summed E-state index contributed by atoms with van der Waals surface area (Å²) in [6.45, 7) is 8.77. The molecule has 0 saturated carbocycles. The fourth-order valence-electron chi connectivity index (χ4n) is 6.21. The molecule has 3 heterocycles. The molecular weight excluding hydrogens is 552 g/mol. The SMILES string of the molecule is C=CCCCCC[C@H](CC(=O)OC(C)(C)C)C(=O)N1CC2(CCc3c(c(CO)nc4ccc(OC)cc34)O2)C[C@H]1C(=O)O. The molecule has 1 aromatic carbocycles. The van der Waals surface area contributed by atoms with Crippen LogP contribution in [0.15, 0.2) is 30.9 Å². The number of nitrogens with zero attached hydrogens (tertiary/aromatic N) is 2. The van der Waals surface area contributed by atoms with Gasteiger partial charge in [0.2, 0.25) is 5.91 Å². The molecule has 2 aromatic rings. The number of rotatable bonds is 12. The number of allylic oxidation sites excluding steroid dienone is 1. The molecule has 4 rings (SSSR count). The molecular formula is C33H44N2O8. The number of hydrogen-bond donors (Lipinski definition) is 2. The first kappa shape index (κ1) is 32.3. The summed E-state index contributed by atoms with van der Waals surface area (Å²) in [4.78, 5) is 45.3. The van der Waals surface area contributed by atoms with E-state index in [1.54, 1.807) is 33.9 Å². The summed E-state index contributed by atoms with van der Waals surface area (Å²) in [5.41, 5.74) is 0.270. The van der Waals surface area contributed by atoms with E-state index in [2.05, 4.69) is 11.6 Å². The predicted molar refractivity (Wildman–Crippen MR) is 161 cm³/mol. The van der Waals surface area contributed by atoms with Crippen molar-refractivity contribution < 1.29 is 38.8 Å². The van der Waals surface area contributed by atoms with Crippen molar-refractivity contribution in [1.29, 1.82) is 0 Å². The monoisotopic (exact) mass is 596 g/mol. The Hall–Kier alpha value is -3.66. The first-order valence-corrected chi connectivity index (χ1v) is 15.1. The van der Waals surface area contributed by atoms with Crippen LogP contribution in [0.4, 0.5) is 0 Å². The quantitative estimate of drug-likeness (QED) is 0.198. The summed E-state index contributed by atoms with van der Waals surface area (Å²) in [7, 11) is 1.59. The Morgan fingerprint density at radius 1 is 1.26 bits per heavy atom. The zero-order chi connectivity index (χ0) is 31.4. The van der Waals surface area contributed by atoms with Crippen LogP contribution in [0.1, 0.15) is 83.4 Å². The molecule has 1 saturated heterocycles. The number of pyridine rings is 1. The van der Waals surface area contributed by atoms with Crippen LogP contribution in [0, 0.1) is 5.92 Å². The maximum absolute atomic E-state index is 14.0. The number of esters is 1. The van der Waals surface area contributed by atoms with Gasteiger partial charge in [-0.25, -0.2) is 9.78 Å². The summed E-state index contributed by atoms with van der Waals surface area (Å²) in [5.74, 6) is -1.60. The molecule has 1 amide bonds. The van der Waals surface area contributed by atoms with Crippen LogP contribution in [-0.2, 0) is 32.1 Å². The minimum absolute atomic E-state index is 0.0601. The Labute approximate surface area is 253 Å². The van der Waals surface area contributed by atoms with Gasteiger partial charge in [-0.1, -0.05) is 18.9 Å². The van der Waals surface area contributed by atoms with Crippen LogP contribution in [-0.4, -0.2) is 68.8 Å². The van der Waals surface area contributed by atoms with Crippen LogP contribution in [0.3, 0.4) is 0 Å². The van der Waals surface area contributed by atoms with Gasteiger partial charge in [0.15, 0.2) is 0 Å². The zero-order valence-electron chi connectivity index (χ0n) is 25.7. The van der Waals surface area contributed by atoms with Crippen molar-refractivity contribution in [3.63, 3.8) is 0 Å². The van der Waals surface area contributed by atoms with Gasteiger partial charge in [-0.3, -0.25) is 9.59 Å². The summed E-state index contributed by atoms with van der Waals surface area (Å²) in [6, 6.07) is 4.40. The number of carboxylic acids is 1. The number of fused-ring (bicyclic) bond motifs is 3. The van der Waals surface area contributed by atoms with Gasteiger partial charge in [-0.05, 0) is 71.1 Å². The van der Waals surface area contributed by atoms with E-state index in [0.717, 1.165) is 36.6 Å². The Balaban J connectivity index is 1.61. The van der Waals surface area contributed by atoms with Gasteiger partial charge in [0, 0.05) is 23.3 Å². The van der Waals surface area contributed by atoms with Crippen molar-refractivity contribution in [3.05, 3.63) is 42.1 Å². The van der Waals surface area contributed by atoms with Crippen molar-refractivity contribution in [2.45, 2.75) is 102 Å². The number of hydrogen-bond acceptors (Lipinski definition) is 8. The molecule has 43 heavy (non-hydrogen) atoms. The van der Waals surface area contributed by atoms with Crippen molar-refractivity contribution in [1.82, 2.24) is 9.88 Å². The average Bonchev–Trinajstić information content (AvgIpc) is 3.33. The van der Waals surface area contributed by atoms with E-state index in [-0.39, 0.29) is 31.9 Å². The standard InChI is InChI=1S/C33H44N2O8/c1-6-7-8-9-10-11-21(16-28(37)42-32(2,3)4)30(38)35-20-33(18-27(35)31(39)40)15-14-23-24-17-22(41-5)12-13-25(24)34-26(19-36)29(23)43-33/h6,12-13,17,21,27,36H,1,7-11,14-16,18-20H2,2-5H3,(H,39,40)/t21-,27+,33?/m1/s1. The highest BCUT2D eigenvalue weighted by Crippen LogP contribution is 2.45. The third kappa shape index (κ3) is 7.47. The largest absolute Gasteiger partial charge is 0.497 e. The number of aliphatic hydroxyl groups excluding tert-OH is 1. The molecule has 234 valence electrons. The molecule has 10 heteroatoms. The van der Waals surface area contributed by atoms with E-state index in [9.17, 15) is 24.6 Å². The Morgan fingerprint density at radius 2 is 2.02 bits per heavy atom. The number of aryl methyl sites for hydroxylation is 1. The average molecular weight is 597 g/mol. The first-order chi connectivity index (χ1) is 20.4. The van der Waals surface area contributed by atoms with Gasteiger partial charge in [-0.15, -0.1) is 6.58 Å². The number of aromatic nitrogens is 1. The number of methoxy groups -OCH3 is 1. The van der Waals surface area contributed by atoms with E-state index in [1.807, 2.05) is 18.2 Å². The van der Waals surface area contributed by atoms with Crippen LogP contribution < -0.4 is 9.47 Å². The number of carboxylic acid groups (broad SMARTS) is 1. The Kier molecular flexibility index (Phi) is 10.00. The number of likely N-dealkylation sites (tertiary alicyclic amines) is 1. The molecule has 0 aliphatic carbocycles. The van der Waals surface area contributed by atoms with Crippen LogP contribution in [0.25, 0.3) is 10.9 Å². The van der Waals surface area contributed by atoms with E-state index in [1.165, 1.54) is 4.90 Å². The normalized spacial score (nSPS) is 20.4. The fourth-order valence-corrected chi connectivity index (χ4v) is 6.21. The molecule has 2 aliphatic rings. The summed E-state index contributed by atoms with van der Waals surface area (Å²) in [6.07, 6.45) is 6.67. The predicted octanol–water partition coefficient (Wildman–Crippen LogP) is 4.97. The zero-order valence-corrected chi connectivity index (χ0v) is 25.7. The van der Waals surface area contributed by atoms with E-state index < -0.39 is 35.1 Å². The second-order valence-electron chi connectivity index (χ2n) is 12.6. The topological polar surface area (TPSA) is 135 Å². The minimum Gasteiger partial charge on any atom is -0.497 e. The first-order valence-electron chi connectivity index (χ1n) is 15.1. The third-order valence-electron chi connectivity index (χ3n) is 8.23. The number of benzene rings is 1. The number of aliphatic carboxylic acids is 1. The third-order valence-corrected chi connectivity index (χ3v) is 8.23. The molecule has 1 spiro atoms. The van der Waals surface area contributed by atoms with Gasteiger partial charge in [-0.2, -0.15) is 0 Å². The highest BCUT2D eigenvalue weighted by atomic mass is 16.6. The van der Waals surface area contributed by atoms with Gasteiger partial charge in [0.05, 0.1) is 32.2 Å². The smallest absolute Gasteiger partial charge is 0.326 e. The molecule has 3 atom stereocenters. The molecule has 0 bridgehead atoms. The number of ether oxygens (including phenoxy) is 3. The van der Waals surface area contributed by atoms with Crippen molar-refractivity contribution in [2.24, 2.45) is 5.92 Å². The van der Waals surface area contributed by atoms with E-state index in [4.69, 9.17) is 14.2 Å². The van der Waals surface area contributed by atoms with Crippen LogP contribution >= 0.6 is 0 Å². The molecule has 1 unspecified atom stereocenters. The molecule has 1 fully saturated rings. The number of amides is 1. The lowest BCUT2D eigenvalue weighted by atomic mass is 9.87. The molecule has 1 aromatic heterocycles. The summed E-state index contributed by atoms with van der Waals surface area (Å²) in [5, 5.41) is 21.2. The summed E-state index contributed by atoms with van der Waals surface area (Å²) >= 11 is 0. The van der Waals surface area contributed by atoms with Crippen LogP contribution in [0.5, 0.6) is 11.5 Å². The lowest BCUT2D eigenvalue weighted by molar-refractivity contribution is -0.159. The maximum atomic E-state index is 14.0. The number of carbonyl (C=O) groups is 3. The fraction of sp³-hybridized carbons (Fsp3) is 0.576. The lowest BCUT2D eigenvalue weighted by Crippen LogP contribution is -2.46. The number of aliphatic hydroxyl groups is 1. The maximum Gasteiger partial charge on any atom is 0.326 e. The highest BCUT2D eigenvalue weighted by Gasteiger charge is 2.53. The van der Waals surface area contributed by atoms with Gasteiger partial charge in [0.1, 0.15) is 34.4 Å². The Morgan fingerprint density at radius 3 is 2.67 bits per heavy atom. The second kappa shape index (κ2) is 13.3. The van der Waals surface area contributed by atoms with Crippen molar-refractivity contribution in [3.8, 4) is 11.5 Å². The van der Waals surface area contributed by atoms with Gasteiger partial charge in [0.25, 0.3) is 0 Å². The van der Waals surface area contributed by atoms with Crippen molar-refractivity contribution in [2.75, 3.05) is 13.7 Å². The molecule has 0 radical (unpaired) electrons. The number of carbonyl (C=O) groups excluding carboxylic acids is 2. The van der Waals surface area contributed by atoms with Gasteiger partial charge >= 0.3 is 11.9 Å². The summed E-state index contributed by atoms with van der Waals surface area (Å²) < 4.78 is 17.5. The van der Waals surface area contributed by atoms with Crippen molar-refractivity contribution >= 4 is 28.7 Å². The lowest BCUT2D eigenvalue weighted by Gasteiger charge is -2.37. The van der Waals surface area contributed by atoms with E-state index >= 15 is 0 Å². The minimum atomic E-state index is -1.12. The molecule has 10 nitrogen and oxygen atoms in total. The molecule has 2 aliphatic heterocycles.